The Labute approximate surface area is 84.9 Å². The molecular formula is C9H11BrOS. The van der Waals surface area contributed by atoms with E-state index >= 15 is 0 Å². The van der Waals surface area contributed by atoms with Crippen LogP contribution in [0, 0.1) is 0 Å². The summed E-state index contributed by atoms with van der Waals surface area (Å²) < 4.78 is 1.08. The van der Waals surface area contributed by atoms with Crippen LogP contribution in [-0.4, -0.2) is 5.78 Å². The smallest absolute Gasteiger partial charge is 0.169 e. The van der Waals surface area contributed by atoms with Gasteiger partial charge in [-0.05, 0) is 35.3 Å². The molecule has 1 aromatic heterocycles. The summed E-state index contributed by atoms with van der Waals surface area (Å²) in [6.45, 7) is 3.74. The molecule has 0 aliphatic heterocycles. The maximum absolute atomic E-state index is 11.0. The summed E-state index contributed by atoms with van der Waals surface area (Å²) in [5, 5.41) is 0. The average molecular weight is 247 g/mol. The van der Waals surface area contributed by atoms with Gasteiger partial charge in [-0.1, -0.05) is 13.3 Å². The number of hydrogen-bond donors (Lipinski definition) is 0. The van der Waals surface area contributed by atoms with E-state index in [0.717, 1.165) is 22.2 Å². The van der Waals surface area contributed by atoms with Crippen molar-refractivity contribution in [3.05, 3.63) is 20.3 Å². The number of thiophene rings is 1. The van der Waals surface area contributed by atoms with E-state index in [1.165, 1.54) is 4.88 Å². The molecule has 0 saturated heterocycles. The minimum absolute atomic E-state index is 0.156. The average Bonchev–Trinajstić information content (AvgIpc) is 2.34. The highest BCUT2D eigenvalue weighted by Crippen LogP contribution is 2.28. The molecule has 0 amide bonds. The number of carbonyl (C=O) groups is 1. The van der Waals surface area contributed by atoms with Gasteiger partial charge in [-0.15, -0.1) is 11.3 Å². The Balaban J connectivity index is 2.92. The Hall–Kier alpha value is -0.150. The fraction of sp³-hybridized carbons (Fsp3) is 0.444. The molecule has 12 heavy (non-hydrogen) atoms. The summed E-state index contributed by atoms with van der Waals surface area (Å²) in [7, 11) is 0. The minimum Gasteiger partial charge on any atom is -0.294 e. The van der Waals surface area contributed by atoms with Crippen molar-refractivity contribution in [2.45, 2.75) is 26.7 Å². The van der Waals surface area contributed by atoms with Crippen LogP contribution in [0.15, 0.2) is 10.5 Å². The monoisotopic (exact) mass is 246 g/mol. The third-order valence-electron chi connectivity index (χ3n) is 1.58. The molecular weight excluding hydrogens is 236 g/mol. The van der Waals surface area contributed by atoms with Gasteiger partial charge in [-0.2, -0.15) is 0 Å². The molecule has 66 valence electrons. The van der Waals surface area contributed by atoms with Gasteiger partial charge in [-0.25, -0.2) is 0 Å². The van der Waals surface area contributed by atoms with Crippen LogP contribution in [0.5, 0.6) is 0 Å². The van der Waals surface area contributed by atoms with Gasteiger partial charge < -0.3 is 0 Å². The molecule has 0 saturated carbocycles. The lowest BCUT2D eigenvalue weighted by Crippen LogP contribution is -1.83. The van der Waals surface area contributed by atoms with E-state index in [2.05, 4.69) is 22.9 Å². The Kier molecular flexibility index (Phi) is 3.47. The lowest BCUT2D eigenvalue weighted by Gasteiger charge is -1.91. The first-order chi connectivity index (χ1) is 5.65. The molecule has 0 radical (unpaired) electrons. The minimum atomic E-state index is 0.156. The molecule has 1 heterocycles. The van der Waals surface area contributed by atoms with Crippen LogP contribution < -0.4 is 0 Å². The highest BCUT2D eigenvalue weighted by molar-refractivity contribution is 9.10. The van der Waals surface area contributed by atoms with Gasteiger partial charge in [0.25, 0.3) is 0 Å². The standard InChI is InChI=1S/C9H11BrOS/c1-3-4-8-7(10)5-9(12-8)6(2)11/h5H,3-4H2,1-2H3. The third-order valence-corrected chi connectivity index (χ3v) is 3.85. The lowest BCUT2D eigenvalue weighted by atomic mass is 10.3. The number of hydrogen-bond acceptors (Lipinski definition) is 2. The molecule has 0 atom stereocenters. The highest BCUT2D eigenvalue weighted by Gasteiger charge is 2.08. The van der Waals surface area contributed by atoms with E-state index in [9.17, 15) is 4.79 Å². The molecule has 0 unspecified atom stereocenters. The van der Waals surface area contributed by atoms with Crippen LogP contribution in [0.1, 0.15) is 34.8 Å². The van der Waals surface area contributed by atoms with Crippen LogP contribution >= 0.6 is 27.3 Å². The molecule has 0 spiro atoms. The summed E-state index contributed by atoms with van der Waals surface area (Å²) in [6.07, 6.45) is 2.18. The van der Waals surface area contributed by atoms with Crippen molar-refractivity contribution in [1.29, 1.82) is 0 Å². The van der Waals surface area contributed by atoms with E-state index in [1.807, 2.05) is 6.07 Å². The van der Waals surface area contributed by atoms with Gasteiger partial charge in [0.05, 0.1) is 4.88 Å². The fourth-order valence-corrected chi connectivity index (χ4v) is 2.85. The Morgan fingerprint density at radius 2 is 2.33 bits per heavy atom. The topological polar surface area (TPSA) is 17.1 Å². The van der Waals surface area contributed by atoms with Gasteiger partial charge >= 0.3 is 0 Å². The van der Waals surface area contributed by atoms with Gasteiger partial charge in [0.1, 0.15) is 0 Å². The van der Waals surface area contributed by atoms with Crippen molar-refractivity contribution >= 4 is 33.0 Å². The van der Waals surface area contributed by atoms with E-state index in [-0.39, 0.29) is 5.78 Å². The van der Waals surface area contributed by atoms with E-state index in [1.54, 1.807) is 18.3 Å². The maximum atomic E-state index is 11.0. The number of carbonyl (C=O) groups excluding carboxylic acids is 1. The Morgan fingerprint density at radius 1 is 1.67 bits per heavy atom. The number of aryl methyl sites for hydroxylation is 1. The Morgan fingerprint density at radius 3 is 2.75 bits per heavy atom. The second kappa shape index (κ2) is 4.19. The maximum Gasteiger partial charge on any atom is 0.169 e. The zero-order valence-electron chi connectivity index (χ0n) is 7.19. The second-order valence-corrected chi connectivity index (χ2v) is 4.68. The zero-order chi connectivity index (χ0) is 9.14. The third kappa shape index (κ3) is 2.17. The van der Waals surface area contributed by atoms with Crippen LogP contribution in [-0.2, 0) is 6.42 Å². The zero-order valence-corrected chi connectivity index (χ0v) is 9.59. The number of halogens is 1. The first-order valence-corrected chi connectivity index (χ1v) is 5.55. The Bertz CT molecular complexity index is 291. The summed E-state index contributed by atoms with van der Waals surface area (Å²) >= 11 is 5.04. The van der Waals surface area contributed by atoms with Crippen molar-refractivity contribution in [3.63, 3.8) is 0 Å². The molecule has 0 N–H and O–H groups in total. The lowest BCUT2D eigenvalue weighted by molar-refractivity contribution is 0.102. The number of rotatable bonds is 3. The van der Waals surface area contributed by atoms with Gasteiger partial charge in [0.2, 0.25) is 0 Å². The van der Waals surface area contributed by atoms with Crippen LogP contribution in [0.4, 0.5) is 0 Å². The van der Waals surface area contributed by atoms with Crippen LogP contribution in [0.3, 0.4) is 0 Å². The number of Topliss-reactive ketones (excluding diaryl/α,β-unsaturated/α-hetero) is 1. The SMILES string of the molecule is CCCc1sc(C(C)=O)cc1Br. The van der Waals surface area contributed by atoms with Crippen LogP contribution in [0.25, 0.3) is 0 Å². The molecule has 1 rings (SSSR count). The molecule has 0 fully saturated rings. The van der Waals surface area contributed by atoms with E-state index in [4.69, 9.17) is 0 Å². The van der Waals surface area contributed by atoms with E-state index < -0.39 is 0 Å². The molecule has 1 aromatic rings. The largest absolute Gasteiger partial charge is 0.294 e. The highest BCUT2D eigenvalue weighted by atomic mass is 79.9. The molecule has 1 nitrogen and oxygen atoms in total. The molecule has 0 bridgehead atoms. The van der Waals surface area contributed by atoms with Crippen molar-refractivity contribution in [2.24, 2.45) is 0 Å². The fourth-order valence-electron chi connectivity index (χ4n) is 0.978. The van der Waals surface area contributed by atoms with E-state index in [0.29, 0.717) is 0 Å². The van der Waals surface area contributed by atoms with Crippen molar-refractivity contribution in [2.75, 3.05) is 0 Å². The van der Waals surface area contributed by atoms with Crippen molar-refractivity contribution in [3.8, 4) is 0 Å². The predicted octanol–water partition coefficient (Wildman–Crippen LogP) is 3.67. The normalized spacial score (nSPS) is 10.2. The van der Waals surface area contributed by atoms with Gasteiger partial charge in [0, 0.05) is 9.35 Å². The second-order valence-electron chi connectivity index (χ2n) is 2.69. The summed E-state index contributed by atoms with van der Waals surface area (Å²) in [4.78, 5) is 13.1. The molecule has 3 heteroatoms. The quantitative estimate of drug-likeness (QED) is 0.745. The summed E-state index contributed by atoms with van der Waals surface area (Å²) in [5.74, 6) is 0.156. The van der Waals surface area contributed by atoms with Crippen molar-refractivity contribution in [1.82, 2.24) is 0 Å². The summed E-state index contributed by atoms with van der Waals surface area (Å²) in [5.41, 5.74) is 0. The predicted molar refractivity (Wildman–Crippen MR) is 56.0 cm³/mol. The van der Waals surface area contributed by atoms with Gasteiger partial charge in [-0.3, -0.25) is 4.79 Å². The van der Waals surface area contributed by atoms with Crippen molar-refractivity contribution < 1.29 is 4.79 Å². The van der Waals surface area contributed by atoms with Crippen LogP contribution in [0.2, 0.25) is 0 Å². The summed E-state index contributed by atoms with van der Waals surface area (Å²) in [6, 6.07) is 1.91. The van der Waals surface area contributed by atoms with Gasteiger partial charge in [0.15, 0.2) is 5.78 Å². The first-order valence-electron chi connectivity index (χ1n) is 3.94. The molecule has 0 aliphatic carbocycles. The molecule has 0 aromatic carbocycles. The first kappa shape index (κ1) is 9.93. The number of ketones is 1. The molecule has 0 aliphatic rings.